The van der Waals surface area contributed by atoms with Crippen LogP contribution in [-0.4, -0.2) is 101 Å². The average Bonchev–Trinajstić information content (AvgIpc) is 3.83. The number of hydrogen-bond donors (Lipinski definition) is 3. The predicted octanol–water partition coefficient (Wildman–Crippen LogP) is 5.44. The van der Waals surface area contributed by atoms with Crippen LogP contribution in [0.3, 0.4) is 0 Å². The van der Waals surface area contributed by atoms with Gasteiger partial charge in [-0.3, -0.25) is 14.4 Å². The van der Waals surface area contributed by atoms with Gasteiger partial charge in [0, 0.05) is 57.6 Å². The van der Waals surface area contributed by atoms with Gasteiger partial charge < -0.3 is 39.5 Å². The molecule has 0 atom stereocenters. The van der Waals surface area contributed by atoms with Crippen LogP contribution >= 0.6 is 0 Å². The number of ether oxygens (including phenoxy) is 2. The molecule has 3 aromatic carbocycles. The second-order valence-electron chi connectivity index (χ2n) is 13.1. The number of rotatable bonds is 14. The monoisotopic (exact) mass is 706 g/mol. The molecule has 3 N–H and O–H groups in total. The maximum atomic E-state index is 13.8. The van der Waals surface area contributed by atoms with E-state index in [0.717, 1.165) is 62.3 Å². The minimum absolute atomic E-state index is 0.225. The molecule has 3 heterocycles. The van der Waals surface area contributed by atoms with Gasteiger partial charge in [0.15, 0.2) is 0 Å². The Labute approximate surface area is 303 Å². The molecular weight excluding hydrogens is 660 g/mol. The SMILES string of the molecule is COc1cc(C(=O)N(C)c2ccc(C)cc2OCCCCCC(=O)N2CCN(C)CC2)ccc1C(=O)Nc1cccc2[nH]c(Cc3ncc[nH]3)nc12. The van der Waals surface area contributed by atoms with E-state index in [1.54, 1.807) is 43.7 Å². The number of para-hydroxylation sites is 1. The number of imidazole rings is 2. The number of amides is 3. The van der Waals surface area contributed by atoms with Crippen molar-refractivity contribution in [3.8, 4) is 11.5 Å². The minimum Gasteiger partial charge on any atom is -0.496 e. The van der Waals surface area contributed by atoms with Crippen molar-refractivity contribution in [1.29, 1.82) is 0 Å². The van der Waals surface area contributed by atoms with Crippen LogP contribution in [0.1, 0.15) is 63.6 Å². The highest BCUT2D eigenvalue weighted by atomic mass is 16.5. The summed E-state index contributed by atoms with van der Waals surface area (Å²) in [6.07, 6.45) is 6.97. The van der Waals surface area contributed by atoms with E-state index in [4.69, 9.17) is 14.5 Å². The molecule has 5 aromatic rings. The van der Waals surface area contributed by atoms with E-state index >= 15 is 0 Å². The number of carbonyl (C=O) groups is 3. The van der Waals surface area contributed by atoms with Crippen molar-refractivity contribution in [2.45, 2.75) is 39.0 Å². The molecule has 0 spiro atoms. The van der Waals surface area contributed by atoms with Gasteiger partial charge in [-0.2, -0.15) is 0 Å². The summed E-state index contributed by atoms with van der Waals surface area (Å²) in [7, 11) is 5.24. The normalized spacial score (nSPS) is 13.3. The van der Waals surface area contributed by atoms with Crippen LogP contribution < -0.4 is 19.7 Å². The highest BCUT2D eigenvalue weighted by Gasteiger charge is 2.22. The predicted molar refractivity (Wildman–Crippen MR) is 200 cm³/mol. The van der Waals surface area contributed by atoms with Crippen molar-refractivity contribution in [2.75, 3.05) is 64.2 Å². The van der Waals surface area contributed by atoms with Gasteiger partial charge in [-0.05, 0) is 81.3 Å². The molecule has 3 amide bonds. The lowest BCUT2D eigenvalue weighted by molar-refractivity contribution is -0.132. The van der Waals surface area contributed by atoms with E-state index in [2.05, 4.69) is 32.2 Å². The lowest BCUT2D eigenvalue weighted by atomic mass is 10.1. The summed E-state index contributed by atoms with van der Waals surface area (Å²) < 4.78 is 11.8. The van der Waals surface area contributed by atoms with Crippen molar-refractivity contribution < 1.29 is 23.9 Å². The van der Waals surface area contributed by atoms with Crippen molar-refractivity contribution in [2.24, 2.45) is 0 Å². The molecular formula is C39H46N8O5. The zero-order valence-electron chi connectivity index (χ0n) is 30.2. The molecule has 1 fully saturated rings. The lowest BCUT2D eigenvalue weighted by Crippen LogP contribution is -2.47. The number of unbranched alkanes of at least 4 members (excludes halogenated alkanes) is 2. The Kier molecular flexibility index (Phi) is 11.5. The Morgan fingerprint density at radius 2 is 1.79 bits per heavy atom. The number of anilines is 2. The number of benzene rings is 3. The molecule has 272 valence electrons. The summed E-state index contributed by atoms with van der Waals surface area (Å²) in [4.78, 5) is 60.9. The molecule has 13 heteroatoms. The van der Waals surface area contributed by atoms with Gasteiger partial charge in [0.1, 0.15) is 28.7 Å². The number of carbonyl (C=O) groups excluding carboxylic acids is 3. The summed E-state index contributed by atoms with van der Waals surface area (Å²) in [5.74, 6) is 1.89. The molecule has 1 aliphatic rings. The molecule has 6 rings (SSSR count). The minimum atomic E-state index is -0.398. The molecule has 0 aliphatic carbocycles. The zero-order chi connectivity index (χ0) is 36.6. The first-order chi connectivity index (χ1) is 25.2. The van der Waals surface area contributed by atoms with E-state index < -0.39 is 5.91 Å². The van der Waals surface area contributed by atoms with Gasteiger partial charge in [0.05, 0.1) is 42.6 Å². The van der Waals surface area contributed by atoms with E-state index in [-0.39, 0.29) is 23.1 Å². The number of aryl methyl sites for hydroxylation is 1. The molecule has 0 unspecified atom stereocenters. The fourth-order valence-corrected chi connectivity index (χ4v) is 6.29. The number of nitrogens with zero attached hydrogens (tertiary/aromatic N) is 5. The number of likely N-dealkylation sites (N-methyl/N-ethyl adjacent to an activating group) is 1. The highest BCUT2D eigenvalue weighted by molar-refractivity contribution is 6.11. The largest absolute Gasteiger partial charge is 0.496 e. The molecule has 2 aromatic heterocycles. The Morgan fingerprint density at radius 3 is 2.56 bits per heavy atom. The third-order valence-corrected chi connectivity index (χ3v) is 9.32. The molecule has 13 nitrogen and oxygen atoms in total. The smallest absolute Gasteiger partial charge is 0.259 e. The van der Waals surface area contributed by atoms with Crippen LogP contribution in [0.4, 0.5) is 11.4 Å². The van der Waals surface area contributed by atoms with Crippen LogP contribution in [0.15, 0.2) is 67.0 Å². The molecule has 0 bridgehead atoms. The number of fused-ring (bicyclic) bond motifs is 1. The number of nitrogens with one attached hydrogen (secondary N) is 3. The van der Waals surface area contributed by atoms with Crippen molar-refractivity contribution >= 4 is 40.1 Å². The van der Waals surface area contributed by atoms with Gasteiger partial charge in [-0.25, -0.2) is 9.97 Å². The maximum Gasteiger partial charge on any atom is 0.259 e. The van der Waals surface area contributed by atoms with Crippen molar-refractivity contribution in [3.05, 3.63) is 95.3 Å². The average molecular weight is 707 g/mol. The number of aromatic nitrogens is 4. The van der Waals surface area contributed by atoms with Crippen LogP contribution in [0.25, 0.3) is 11.0 Å². The molecule has 0 saturated carbocycles. The number of hydrogen-bond acceptors (Lipinski definition) is 8. The first-order valence-electron chi connectivity index (χ1n) is 17.6. The van der Waals surface area contributed by atoms with Crippen molar-refractivity contribution in [1.82, 2.24) is 29.7 Å². The number of aromatic amines is 2. The van der Waals surface area contributed by atoms with E-state index in [1.807, 2.05) is 42.2 Å². The highest BCUT2D eigenvalue weighted by Crippen LogP contribution is 2.32. The fraction of sp³-hybridized carbons (Fsp3) is 0.359. The Bertz CT molecular complexity index is 2020. The second-order valence-corrected chi connectivity index (χ2v) is 13.1. The van der Waals surface area contributed by atoms with Crippen molar-refractivity contribution in [3.63, 3.8) is 0 Å². The zero-order valence-corrected chi connectivity index (χ0v) is 30.2. The molecule has 1 aliphatic heterocycles. The third kappa shape index (κ3) is 8.60. The van der Waals surface area contributed by atoms with E-state index in [1.165, 1.54) is 12.0 Å². The topological polar surface area (TPSA) is 149 Å². The van der Waals surface area contributed by atoms with Gasteiger partial charge in [-0.15, -0.1) is 0 Å². The molecule has 52 heavy (non-hydrogen) atoms. The van der Waals surface area contributed by atoms with Gasteiger partial charge in [0.25, 0.3) is 11.8 Å². The number of piperazine rings is 1. The molecule has 0 radical (unpaired) electrons. The number of H-pyrrole nitrogens is 2. The quantitative estimate of drug-likeness (QED) is 0.129. The summed E-state index contributed by atoms with van der Waals surface area (Å²) in [5.41, 5.74) is 4.20. The Balaban J connectivity index is 1.07. The number of methoxy groups -OCH3 is 1. The lowest BCUT2D eigenvalue weighted by Gasteiger charge is -2.32. The summed E-state index contributed by atoms with van der Waals surface area (Å²) in [5, 5.41) is 2.96. The van der Waals surface area contributed by atoms with Gasteiger partial charge in [0.2, 0.25) is 5.91 Å². The summed E-state index contributed by atoms with van der Waals surface area (Å²) >= 11 is 0. The first-order valence-corrected chi connectivity index (χ1v) is 17.6. The third-order valence-electron chi connectivity index (χ3n) is 9.32. The van der Waals surface area contributed by atoms with E-state index in [0.29, 0.717) is 53.5 Å². The second kappa shape index (κ2) is 16.6. The first kappa shape index (κ1) is 36.1. The van der Waals surface area contributed by atoms with Crippen LogP contribution in [-0.2, 0) is 11.2 Å². The van der Waals surface area contributed by atoms with Gasteiger partial charge in [-0.1, -0.05) is 12.1 Å². The standard InChI is InChI=1S/C39H46N8O5/c1-26-12-15-31(33(23-26)52-22-7-5-6-11-36(48)47-20-18-45(2)19-21-47)46(3)39(50)27-13-14-28(32(24-27)51-4)38(49)43-30-10-8-9-29-37(30)44-35(42-29)25-34-40-16-17-41-34/h8-10,12-17,23-24H,5-7,11,18-22,25H2,1-4H3,(H,40,41)(H,42,44)(H,43,49). The Morgan fingerprint density at radius 1 is 0.962 bits per heavy atom. The van der Waals surface area contributed by atoms with Crippen LogP contribution in [0.5, 0.6) is 11.5 Å². The summed E-state index contributed by atoms with van der Waals surface area (Å²) in [6, 6.07) is 16.0. The maximum absolute atomic E-state index is 13.8. The van der Waals surface area contributed by atoms with Crippen LogP contribution in [0, 0.1) is 6.92 Å². The van der Waals surface area contributed by atoms with Gasteiger partial charge >= 0.3 is 0 Å². The van der Waals surface area contributed by atoms with Crippen LogP contribution in [0.2, 0.25) is 0 Å². The Hall–Kier alpha value is -5.69. The van der Waals surface area contributed by atoms with E-state index in [9.17, 15) is 14.4 Å². The summed E-state index contributed by atoms with van der Waals surface area (Å²) in [6.45, 7) is 5.88. The molecule has 1 saturated heterocycles. The fourth-order valence-electron chi connectivity index (χ4n) is 6.29.